The zero-order valence-corrected chi connectivity index (χ0v) is 9.63. The summed E-state index contributed by atoms with van der Waals surface area (Å²) in [6.07, 6.45) is 2.24. The lowest BCUT2D eigenvalue weighted by Crippen LogP contribution is -2.52. The predicted molar refractivity (Wildman–Crippen MR) is 58.4 cm³/mol. The van der Waals surface area contributed by atoms with Gasteiger partial charge in [0.25, 0.3) is 0 Å². The highest BCUT2D eigenvalue weighted by Gasteiger charge is 2.41. The van der Waals surface area contributed by atoms with Crippen LogP contribution < -0.4 is 0 Å². The Hall–Kier alpha value is -0.830. The number of hydrogen-bond acceptors (Lipinski definition) is 2. The minimum atomic E-state index is -0.893. The standard InChI is InChI=1S/C11H21NO2/c1-6-8-9(3)11(7-2,10(13)14)12(4)5/h3,6-8H2,1-2,4-5H3,(H,13,14). The van der Waals surface area contributed by atoms with Crippen LogP contribution in [0.15, 0.2) is 12.2 Å². The molecule has 0 aliphatic rings. The van der Waals surface area contributed by atoms with Crippen LogP contribution in [0.5, 0.6) is 0 Å². The van der Waals surface area contributed by atoms with Crippen molar-refractivity contribution in [3.63, 3.8) is 0 Å². The van der Waals surface area contributed by atoms with Crippen LogP contribution in [0.4, 0.5) is 0 Å². The molecule has 0 aromatic heterocycles. The minimum Gasteiger partial charge on any atom is -0.480 e. The highest BCUT2D eigenvalue weighted by molar-refractivity contribution is 5.82. The molecule has 3 heteroatoms. The lowest BCUT2D eigenvalue weighted by Gasteiger charge is -2.36. The Morgan fingerprint density at radius 1 is 1.43 bits per heavy atom. The fourth-order valence-electron chi connectivity index (χ4n) is 1.88. The first-order chi connectivity index (χ1) is 6.43. The smallest absolute Gasteiger partial charge is 0.328 e. The largest absolute Gasteiger partial charge is 0.480 e. The van der Waals surface area contributed by atoms with Crippen molar-refractivity contribution in [3.05, 3.63) is 12.2 Å². The average Bonchev–Trinajstić information content (AvgIpc) is 2.05. The molecule has 0 heterocycles. The quantitative estimate of drug-likeness (QED) is 0.666. The number of hydrogen-bond donors (Lipinski definition) is 1. The molecule has 0 spiro atoms. The number of carboxylic acids is 1. The molecule has 0 aromatic rings. The van der Waals surface area contributed by atoms with Gasteiger partial charge in [-0.05, 0) is 32.5 Å². The van der Waals surface area contributed by atoms with Crippen molar-refractivity contribution in [2.24, 2.45) is 0 Å². The number of carbonyl (C=O) groups is 1. The second-order valence-corrected chi connectivity index (χ2v) is 3.77. The first kappa shape index (κ1) is 13.2. The summed E-state index contributed by atoms with van der Waals surface area (Å²) in [5, 5.41) is 9.29. The Morgan fingerprint density at radius 2 is 1.93 bits per heavy atom. The van der Waals surface area contributed by atoms with Crippen LogP contribution in [-0.2, 0) is 4.79 Å². The molecule has 82 valence electrons. The Kier molecular flexibility index (Phi) is 4.85. The Labute approximate surface area is 86.4 Å². The van der Waals surface area contributed by atoms with Gasteiger partial charge in [-0.1, -0.05) is 26.8 Å². The third-order valence-corrected chi connectivity index (χ3v) is 2.77. The summed E-state index contributed by atoms with van der Waals surface area (Å²) in [4.78, 5) is 13.1. The first-order valence-corrected chi connectivity index (χ1v) is 5.02. The Morgan fingerprint density at radius 3 is 2.14 bits per heavy atom. The molecule has 0 bridgehead atoms. The number of likely N-dealkylation sites (N-methyl/N-ethyl adjacent to an activating group) is 1. The SMILES string of the molecule is C=C(CCC)C(CC)(C(=O)O)N(C)C. The molecule has 1 atom stereocenters. The van der Waals surface area contributed by atoms with Crippen LogP contribution in [0.1, 0.15) is 33.1 Å². The van der Waals surface area contributed by atoms with Gasteiger partial charge in [0, 0.05) is 0 Å². The maximum atomic E-state index is 11.3. The summed E-state index contributed by atoms with van der Waals surface area (Å²) in [5.41, 5.74) is -0.101. The third-order valence-electron chi connectivity index (χ3n) is 2.77. The van der Waals surface area contributed by atoms with E-state index in [9.17, 15) is 9.90 Å². The molecule has 0 aromatic carbocycles. The Bertz CT molecular complexity index is 223. The number of rotatable bonds is 6. The summed E-state index contributed by atoms with van der Waals surface area (Å²) in [6.45, 7) is 7.82. The van der Waals surface area contributed by atoms with E-state index in [0.29, 0.717) is 6.42 Å². The molecule has 0 amide bonds. The van der Waals surface area contributed by atoms with Gasteiger partial charge in [0.1, 0.15) is 5.54 Å². The van der Waals surface area contributed by atoms with Gasteiger partial charge in [0.2, 0.25) is 0 Å². The van der Waals surface area contributed by atoms with Gasteiger partial charge in [-0.25, -0.2) is 4.79 Å². The number of aliphatic carboxylic acids is 1. The molecule has 0 radical (unpaired) electrons. The molecule has 0 saturated heterocycles. The van der Waals surface area contributed by atoms with E-state index in [4.69, 9.17) is 0 Å². The van der Waals surface area contributed by atoms with Gasteiger partial charge in [0.15, 0.2) is 0 Å². The van der Waals surface area contributed by atoms with Gasteiger partial charge in [-0.3, -0.25) is 4.90 Å². The van der Waals surface area contributed by atoms with Crippen molar-refractivity contribution >= 4 is 5.97 Å². The highest BCUT2D eigenvalue weighted by Crippen LogP contribution is 2.28. The highest BCUT2D eigenvalue weighted by atomic mass is 16.4. The minimum absolute atomic E-state index is 0.550. The molecule has 3 nitrogen and oxygen atoms in total. The van der Waals surface area contributed by atoms with E-state index in [-0.39, 0.29) is 0 Å². The van der Waals surface area contributed by atoms with E-state index >= 15 is 0 Å². The monoisotopic (exact) mass is 199 g/mol. The van der Waals surface area contributed by atoms with Crippen molar-refractivity contribution in [1.82, 2.24) is 4.90 Å². The molecule has 0 saturated carbocycles. The van der Waals surface area contributed by atoms with Crippen LogP contribution in [0.3, 0.4) is 0 Å². The molecule has 0 fully saturated rings. The first-order valence-electron chi connectivity index (χ1n) is 5.02. The fraction of sp³-hybridized carbons (Fsp3) is 0.727. The average molecular weight is 199 g/mol. The fourth-order valence-corrected chi connectivity index (χ4v) is 1.88. The summed E-state index contributed by atoms with van der Waals surface area (Å²) >= 11 is 0. The second kappa shape index (κ2) is 5.15. The van der Waals surface area contributed by atoms with E-state index in [2.05, 4.69) is 6.58 Å². The van der Waals surface area contributed by atoms with Crippen molar-refractivity contribution in [2.45, 2.75) is 38.6 Å². The summed E-state index contributed by atoms with van der Waals surface area (Å²) < 4.78 is 0. The van der Waals surface area contributed by atoms with Crippen LogP contribution in [0.25, 0.3) is 0 Å². The third kappa shape index (κ3) is 2.15. The second-order valence-electron chi connectivity index (χ2n) is 3.77. The molecule has 0 aliphatic heterocycles. The van der Waals surface area contributed by atoms with Crippen molar-refractivity contribution in [2.75, 3.05) is 14.1 Å². The number of carboxylic acid groups (broad SMARTS) is 1. The summed E-state index contributed by atoms with van der Waals surface area (Å²) in [6, 6.07) is 0. The van der Waals surface area contributed by atoms with E-state index < -0.39 is 11.5 Å². The molecule has 1 N–H and O–H groups in total. The van der Waals surface area contributed by atoms with E-state index in [1.165, 1.54) is 0 Å². The van der Waals surface area contributed by atoms with Crippen LogP contribution in [-0.4, -0.2) is 35.6 Å². The van der Waals surface area contributed by atoms with Crippen LogP contribution in [0, 0.1) is 0 Å². The maximum absolute atomic E-state index is 11.3. The molecule has 0 rings (SSSR count). The van der Waals surface area contributed by atoms with Gasteiger partial charge in [-0.2, -0.15) is 0 Å². The van der Waals surface area contributed by atoms with Crippen molar-refractivity contribution in [1.29, 1.82) is 0 Å². The molecule has 14 heavy (non-hydrogen) atoms. The normalized spacial score (nSPS) is 15.2. The topological polar surface area (TPSA) is 40.5 Å². The summed E-state index contributed by atoms with van der Waals surface area (Å²) in [5.74, 6) is -0.802. The molecule has 1 unspecified atom stereocenters. The van der Waals surface area contributed by atoms with Gasteiger partial charge >= 0.3 is 5.97 Å². The van der Waals surface area contributed by atoms with Crippen LogP contribution in [0.2, 0.25) is 0 Å². The zero-order chi connectivity index (χ0) is 11.4. The van der Waals surface area contributed by atoms with E-state index in [0.717, 1.165) is 18.4 Å². The molecular formula is C11H21NO2. The van der Waals surface area contributed by atoms with Gasteiger partial charge < -0.3 is 5.11 Å². The van der Waals surface area contributed by atoms with Crippen LogP contribution >= 0.6 is 0 Å². The molecular weight excluding hydrogens is 178 g/mol. The Balaban J connectivity index is 5.04. The lowest BCUT2D eigenvalue weighted by atomic mass is 9.84. The van der Waals surface area contributed by atoms with Gasteiger partial charge in [0.05, 0.1) is 0 Å². The summed E-state index contributed by atoms with van der Waals surface area (Å²) in [7, 11) is 3.58. The molecule has 0 aliphatic carbocycles. The van der Waals surface area contributed by atoms with E-state index in [1.807, 2.05) is 13.8 Å². The lowest BCUT2D eigenvalue weighted by molar-refractivity contribution is -0.147. The zero-order valence-electron chi connectivity index (χ0n) is 9.63. The number of nitrogens with zero attached hydrogens (tertiary/aromatic N) is 1. The predicted octanol–water partition coefficient (Wildman–Crippen LogP) is 2.14. The van der Waals surface area contributed by atoms with Crippen molar-refractivity contribution < 1.29 is 9.90 Å². The maximum Gasteiger partial charge on any atom is 0.328 e. The van der Waals surface area contributed by atoms with E-state index in [1.54, 1.807) is 19.0 Å². The van der Waals surface area contributed by atoms with Gasteiger partial charge in [-0.15, -0.1) is 0 Å². The van der Waals surface area contributed by atoms with Crippen molar-refractivity contribution in [3.8, 4) is 0 Å².